The molecule has 7 nitrogen and oxygen atoms in total. The Morgan fingerprint density at radius 2 is 1.58 bits per heavy atom. The van der Waals surface area contributed by atoms with Crippen LogP contribution in [0.3, 0.4) is 0 Å². The largest absolute Gasteiger partial charge is 0.493 e. The Bertz CT molecular complexity index is 837. The molecule has 0 unspecified atom stereocenters. The predicted octanol–water partition coefficient (Wildman–Crippen LogP) is 3.75. The second-order valence-corrected chi connectivity index (χ2v) is 6.84. The van der Waals surface area contributed by atoms with Gasteiger partial charge in [-0.05, 0) is 55.9 Å². The molecular weight excluding hydrogens is 396 g/mol. The fourth-order valence-electron chi connectivity index (χ4n) is 3.14. The van der Waals surface area contributed by atoms with E-state index < -0.39 is 0 Å². The van der Waals surface area contributed by atoms with Gasteiger partial charge in [-0.1, -0.05) is 19.9 Å². The van der Waals surface area contributed by atoms with Crippen LogP contribution in [0.2, 0.25) is 0 Å². The molecule has 0 radical (unpaired) electrons. The maximum atomic E-state index is 12.6. The maximum Gasteiger partial charge on any atom is 0.251 e. The Morgan fingerprint density at radius 1 is 0.871 bits per heavy atom. The third-order valence-corrected chi connectivity index (χ3v) is 4.97. The van der Waals surface area contributed by atoms with Crippen molar-refractivity contribution in [3.8, 4) is 23.0 Å². The van der Waals surface area contributed by atoms with Gasteiger partial charge in [-0.3, -0.25) is 4.79 Å². The minimum absolute atomic E-state index is 0.192. The van der Waals surface area contributed by atoms with E-state index in [1.54, 1.807) is 32.4 Å². The van der Waals surface area contributed by atoms with Crippen LogP contribution in [0.25, 0.3) is 0 Å². The van der Waals surface area contributed by atoms with E-state index in [0.29, 0.717) is 48.3 Å². The molecule has 0 aromatic heterocycles. The molecule has 170 valence electrons. The Kier molecular flexibility index (Phi) is 9.97. The first-order valence-electron chi connectivity index (χ1n) is 10.7. The van der Waals surface area contributed by atoms with E-state index in [4.69, 9.17) is 18.9 Å². The van der Waals surface area contributed by atoms with Crippen molar-refractivity contribution in [2.45, 2.75) is 27.3 Å². The molecule has 0 spiro atoms. The van der Waals surface area contributed by atoms with Crippen molar-refractivity contribution in [2.24, 2.45) is 0 Å². The van der Waals surface area contributed by atoms with Crippen LogP contribution in [-0.2, 0) is 6.54 Å². The van der Waals surface area contributed by atoms with Crippen LogP contribution in [-0.4, -0.2) is 57.9 Å². The van der Waals surface area contributed by atoms with Crippen LogP contribution < -0.4 is 24.3 Å². The number of carbonyl (C=O) groups excluding carboxylic acids is 1. The molecule has 31 heavy (non-hydrogen) atoms. The summed E-state index contributed by atoms with van der Waals surface area (Å²) in [4.78, 5) is 14.9. The van der Waals surface area contributed by atoms with Gasteiger partial charge in [0.25, 0.3) is 5.91 Å². The number of nitrogens with zero attached hydrogens (tertiary/aromatic N) is 1. The van der Waals surface area contributed by atoms with Crippen molar-refractivity contribution in [2.75, 3.05) is 47.1 Å². The van der Waals surface area contributed by atoms with Crippen molar-refractivity contribution in [3.63, 3.8) is 0 Å². The highest BCUT2D eigenvalue weighted by atomic mass is 16.5. The number of likely N-dealkylation sites (N-methyl/N-ethyl adjacent to an activating group) is 1. The smallest absolute Gasteiger partial charge is 0.251 e. The molecule has 0 heterocycles. The van der Waals surface area contributed by atoms with Gasteiger partial charge in [0, 0.05) is 18.7 Å². The monoisotopic (exact) mass is 430 g/mol. The normalized spacial score (nSPS) is 10.6. The van der Waals surface area contributed by atoms with Gasteiger partial charge < -0.3 is 29.2 Å². The van der Waals surface area contributed by atoms with Gasteiger partial charge in [-0.15, -0.1) is 0 Å². The zero-order valence-corrected chi connectivity index (χ0v) is 19.2. The highest BCUT2D eigenvalue weighted by Gasteiger charge is 2.12. The molecule has 0 saturated carbocycles. The lowest BCUT2D eigenvalue weighted by molar-refractivity contribution is 0.0950. The average Bonchev–Trinajstić information content (AvgIpc) is 2.80. The summed E-state index contributed by atoms with van der Waals surface area (Å²) in [6, 6.07) is 10.8. The quantitative estimate of drug-likeness (QED) is 0.522. The maximum absolute atomic E-state index is 12.6. The first kappa shape index (κ1) is 24.3. The number of hydrogen-bond donors (Lipinski definition) is 1. The number of nitrogens with one attached hydrogen (secondary N) is 1. The number of ether oxygens (including phenoxy) is 4. The third kappa shape index (κ3) is 7.07. The fraction of sp³-hybridized carbons (Fsp3) is 0.458. The van der Waals surface area contributed by atoms with Gasteiger partial charge in [0.1, 0.15) is 6.61 Å². The molecular formula is C24H34N2O5. The van der Waals surface area contributed by atoms with Gasteiger partial charge in [0.2, 0.25) is 0 Å². The van der Waals surface area contributed by atoms with E-state index in [1.165, 1.54) is 0 Å². The van der Waals surface area contributed by atoms with Crippen LogP contribution in [0.15, 0.2) is 36.4 Å². The molecule has 0 saturated heterocycles. The zero-order valence-electron chi connectivity index (χ0n) is 19.2. The zero-order chi connectivity index (χ0) is 22.6. The molecule has 2 aromatic carbocycles. The summed E-state index contributed by atoms with van der Waals surface area (Å²) in [5.41, 5.74) is 1.42. The molecule has 0 fully saturated rings. The molecule has 0 aliphatic carbocycles. The van der Waals surface area contributed by atoms with Crippen LogP contribution >= 0.6 is 0 Å². The molecule has 7 heteroatoms. The number of benzene rings is 2. The number of carbonyl (C=O) groups is 1. The van der Waals surface area contributed by atoms with Crippen LogP contribution in [0.4, 0.5) is 0 Å². The summed E-state index contributed by atoms with van der Waals surface area (Å²) in [6.45, 7) is 10.5. The summed E-state index contributed by atoms with van der Waals surface area (Å²) < 4.78 is 22.2. The molecule has 0 bridgehead atoms. The lowest BCUT2D eigenvalue weighted by atomic mass is 10.1. The Morgan fingerprint density at radius 3 is 2.23 bits per heavy atom. The van der Waals surface area contributed by atoms with E-state index >= 15 is 0 Å². The first-order valence-corrected chi connectivity index (χ1v) is 10.7. The molecule has 0 aliphatic rings. The Hall–Kier alpha value is -2.93. The molecule has 0 atom stereocenters. The Balaban J connectivity index is 1.98. The number of rotatable bonds is 13. The van der Waals surface area contributed by atoms with Gasteiger partial charge in [-0.25, -0.2) is 0 Å². The van der Waals surface area contributed by atoms with Gasteiger partial charge >= 0.3 is 0 Å². The van der Waals surface area contributed by atoms with Gasteiger partial charge in [0.15, 0.2) is 23.0 Å². The van der Waals surface area contributed by atoms with E-state index in [1.807, 2.05) is 25.1 Å². The number of methoxy groups -OCH3 is 2. The van der Waals surface area contributed by atoms with E-state index in [2.05, 4.69) is 24.1 Å². The van der Waals surface area contributed by atoms with E-state index in [-0.39, 0.29) is 5.91 Å². The lowest BCUT2D eigenvalue weighted by Crippen LogP contribution is -2.28. The van der Waals surface area contributed by atoms with Crippen LogP contribution in [0.1, 0.15) is 36.7 Å². The topological polar surface area (TPSA) is 69.3 Å². The fourth-order valence-corrected chi connectivity index (χ4v) is 3.14. The summed E-state index contributed by atoms with van der Waals surface area (Å²) in [5.74, 6) is 2.29. The summed E-state index contributed by atoms with van der Waals surface area (Å²) in [6.07, 6.45) is 0. The third-order valence-electron chi connectivity index (χ3n) is 4.97. The standard InChI is InChI=1S/C24H34N2O5/c1-6-26(7-2)13-14-31-21-11-9-18(15-22(21)29-5)17-25-24(27)19-10-12-20(28-4)23(16-19)30-8-3/h9-12,15-16H,6-8,13-14,17H2,1-5H3,(H,25,27). The first-order chi connectivity index (χ1) is 15.1. The minimum atomic E-state index is -0.192. The van der Waals surface area contributed by atoms with Crippen molar-refractivity contribution < 1.29 is 23.7 Å². The number of amides is 1. The van der Waals surface area contributed by atoms with Crippen molar-refractivity contribution in [3.05, 3.63) is 47.5 Å². The molecule has 2 rings (SSSR count). The van der Waals surface area contributed by atoms with Gasteiger partial charge in [-0.2, -0.15) is 0 Å². The van der Waals surface area contributed by atoms with Crippen molar-refractivity contribution in [1.29, 1.82) is 0 Å². The second-order valence-electron chi connectivity index (χ2n) is 6.84. The predicted molar refractivity (Wildman–Crippen MR) is 122 cm³/mol. The highest BCUT2D eigenvalue weighted by Crippen LogP contribution is 2.29. The molecule has 0 aliphatic heterocycles. The molecule has 1 amide bonds. The van der Waals surface area contributed by atoms with Crippen molar-refractivity contribution in [1.82, 2.24) is 10.2 Å². The molecule has 2 aromatic rings. The second kappa shape index (κ2) is 12.7. The van der Waals surface area contributed by atoms with Crippen molar-refractivity contribution >= 4 is 5.91 Å². The van der Waals surface area contributed by atoms with Crippen LogP contribution in [0, 0.1) is 0 Å². The lowest BCUT2D eigenvalue weighted by Gasteiger charge is -2.19. The summed E-state index contributed by atoms with van der Waals surface area (Å²) in [5, 5.41) is 2.93. The van der Waals surface area contributed by atoms with E-state index in [9.17, 15) is 4.79 Å². The molecule has 1 N–H and O–H groups in total. The average molecular weight is 431 g/mol. The summed E-state index contributed by atoms with van der Waals surface area (Å²) in [7, 11) is 3.18. The van der Waals surface area contributed by atoms with E-state index in [0.717, 1.165) is 25.2 Å². The van der Waals surface area contributed by atoms with Crippen LogP contribution in [0.5, 0.6) is 23.0 Å². The van der Waals surface area contributed by atoms with Gasteiger partial charge in [0.05, 0.1) is 20.8 Å². The highest BCUT2D eigenvalue weighted by molar-refractivity contribution is 5.94. The summed E-state index contributed by atoms with van der Waals surface area (Å²) >= 11 is 0. The SMILES string of the molecule is CCOc1cc(C(=O)NCc2ccc(OCCN(CC)CC)c(OC)c2)ccc1OC. The number of hydrogen-bond acceptors (Lipinski definition) is 6. The Labute approximate surface area is 185 Å². The minimum Gasteiger partial charge on any atom is -0.493 e.